The Morgan fingerprint density at radius 1 is 1.36 bits per heavy atom. The highest BCUT2D eigenvalue weighted by atomic mass is 32.1. The molecule has 1 aromatic carbocycles. The molecule has 0 spiro atoms. The molecule has 134 valence electrons. The van der Waals surface area contributed by atoms with Crippen molar-refractivity contribution in [2.45, 2.75) is 25.4 Å². The quantitative estimate of drug-likeness (QED) is 0.862. The van der Waals surface area contributed by atoms with Gasteiger partial charge >= 0.3 is 0 Å². The van der Waals surface area contributed by atoms with Crippen molar-refractivity contribution in [3.05, 3.63) is 46.8 Å². The molecule has 3 rings (SSSR count). The molecule has 1 amide bonds. The van der Waals surface area contributed by atoms with Gasteiger partial charge < -0.3 is 16.0 Å². The Bertz CT molecular complexity index is 713. The number of hydrogen-bond acceptors (Lipinski definition) is 5. The highest BCUT2D eigenvalue weighted by Crippen LogP contribution is 2.31. The average Bonchev–Trinajstić information content (AvgIpc) is 2.95. The van der Waals surface area contributed by atoms with Crippen molar-refractivity contribution in [1.82, 2.24) is 9.80 Å². The number of nitrogens with two attached hydrogens (primary N) is 1. The molecule has 6 heteroatoms. The summed E-state index contributed by atoms with van der Waals surface area (Å²) < 4.78 is 0. The molecule has 5 nitrogen and oxygen atoms in total. The van der Waals surface area contributed by atoms with Gasteiger partial charge in [0.15, 0.2) is 0 Å². The van der Waals surface area contributed by atoms with Crippen LogP contribution in [-0.2, 0) is 6.54 Å². The lowest BCUT2D eigenvalue weighted by atomic mass is 10.0. The number of amides is 1. The van der Waals surface area contributed by atoms with Crippen molar-refractivity contribution < 1.29 is 4.79 Å². The van der Waals surface area contributed by atoms with Crippen LogP contribution in [0, 0.1) is 0 Å². The highest BCUT2D eigenvalue weighted by molar-refractivity contribution is 7.18. The van der Waals surface area contributed by atoms with Crippen LogP contribution in [0.1, 0.15) is 28.1 Å². The number of nitrogen functional groups attached to an aromatic ring is 1. The van der Waals surface area contributed by atoms with Crippen LogP contribution in [0.25, 0.3) is 0 Å². The second-order valence-electron chi connectivity index (χ2n) is 6.80. The number of nitrogens with zero attached hydrogens (tertiary/aromatic N) is 2. The van der Waals surface area contributed by atoms with Crippen LogP contribution in [0.2, 0.25) is 0 Å². The molecule has 0 radical (unpaired) electrons. The predicted octanol–water partition coefficient (Wildman–Crippen LogP) is 3.11. The Kier molecular flexibility index (Phi) is 5.60. The average molecular weight is 359 g/mol. The number of piperidine rings is 1. The number of thiophene rings is 1. The van der Waals surface area contributed by atoms with Gasteiger partial charge in [0.05, 0.1) is 10.7 Å². The Hall–Kier alpha value is -2.05. The molecule has 0 aliphatic carbocycles. The minimum absolute atomic E-state index is 0.0371. The van der Waals surface area contributed by atoms with Gasteiger partial charge in [0.2, 0.25) is 0 Å². The van der Waals surface area contributed by atoms with Crippen molar-refractivity contribution in [2.24, 2.45) is 0 Å². The maximum atomic E-state index is 12.1. The van der Waals surface area contributed by atoms with Gasteiger partial charge in [-0.1, -0.05) is 30.3 Å². The number of rotatable bonds is 5. The third-order valence-electron chi connectivity index (χ3n) is 4.46. The molecular weight excluding hydrogens is 332 g/mol. The van der Waals surface area contributed by atoms with Crippen LogP contribution >= 0.6 is 11.3 Å². The lowest BCUT2D eigenvalue weighted by Crippen LogP contribution is -2.41. The minimum Gasteiger partial charge on any atom is -0.397 e. The normalized spacial score (nSPS) is 18.1. The van der Waals surface area contributed by atoms with Crippen molar-refractivity contribution in [3.63, 3.8) is 0 Å². The van der Waals surface area contributed by atoms with Crippen molar-refractivity contribution in [3.8, 4) is 0 Å². The van der Waals surface area contributed by atoms with Gasteiger partial charge in [-0.3, -0.25) is 9.69 Å². The van der Waals surface area contributed by atoms with Crippen LogP contribution < -0.4 is 11.1 Å². The number of anilines is 2. The summed E-state index contributed by atoms with van der Waals surface area (Å²) >= 11 is 1.45. The molecule has 2 heterocycles. The molecule has 1 saturated heterocycles. The highest BCUT2D eigenvalue weighted by Gasteiger charge is 2.22. The summed E-state index contributed by atoms with van der Waals surface area (Å²) in [4.78, 5) is 16.8. The molecule has 3 N–H and O–H groups in total. The molecule has 1 aliphatic heterocycles. The Balaban J connectivity index is 1.61. The fourth-order valence-electron chi connectivity index (χ4n) is 3.21. The molecule has 25 heavy (non-hydrogen) atoms. The van der Waals surface area contributed by atoms with Crippen LogP contribution in [0.4, 0.5) is 10.7 Å². The summed E-state index contributed by atoms with van der Waals surface area (Å²) in [7, 11) is 3.49. The van der Waals surface area contributed by atoms with E-state index in [9.17, 15) is 4.79 Å². The van der Waals surface area contributed by atoms with Gasteiger partial charge in [0.1, 0.15) is 4.88 Å². The summed E-state index contributed by atoms with van der Waals surface area (Å²) in [5, 5.41) is 4.56. The largest absolute Gasteiger partial charge is 0.397 e. The van der Waals surface area contributed by atoms with E-state index < -0.39 is 0 Å². The number of nitrogens with one attached hydrogen (secondary N) is 1. The van der Waals surface area contributed by atoms with E-state index in [0.717, 1.165) is 31.1 Å². The van der Waals surface area contributed by atoms with Crippen LogP contribution in [0.15, 0.2) is 36.4 Å². The zero-order valence-electron chi connectivity index (χ0n) is 14.9. The van der Waals surface area contributed by atoms with Gasteiger partial charge in [-0.05, 0) is 31.0 Å². The summed E-state index contributed by atoms with van der Waals surface area (Å²) in [6, 6.07) is 12.9. The van der Waals surface area contributed by atoms with E-state index in [1.807, 2.05) is 6.07 Å². The van der Waals surface area contributed by atoms with Gasteiger partial charge in [0.25, 0.3) is 5.91 Å². The van der Waals surface area contributed by atoms with E-state index in [4.69, 9.17) is 5.73 Å². The van der Waals surface area contributed by atoms with Crippen LogP contribution in [0.5, 0.6) is 0 Å². The first-order valence-corrected chi connectivity index (χ1v) is 9.48. The Morgan fingerprint density at radius 2 is 2.12 bits per heavy atom. The third kappa shape index (κ3) is 4.52. The molecule has 1 aromatic heterocycles. The van der Waals surface area contributed by atoms with Gasteiger partial charge in [0, 0.05) is 33.2 Å². The lowest BCUT2D eigenvalue weighted by Gasteiger charge is -2.33. The van der Waals surface area contributed by atoms with E-state index in [1.165, 1.54) is 23.3 Å². The number of likely N-dealkylation sites (tertiary alicyclic amines) is 1. The number of hydrogen-bond donors (Lipinski definition) is 2. The molecule has 1 atom stereocenters. The monoisotopic (exact) mass is 358 g/mol. The Labute approximate surface area is 153 Å². The van der Waals surface area contributed by atoms with Crippen molar-refractivity contribution in [2.75, 3.05) is 38.2 Å². The molecule has 1 fully saturated rings. The second kappa shape index (κ2) is 7.89. The van der Waals surface area contributed by atoms with Crippen LogP contribution in [0.3, 0.4) is 0 Å². The topological polar surface area (TPSA) is 61.6 Å². The molecule has 2 aromatic rings. The summed E-state index contributed by atoms with van der Waals surface area (Å²) in [6.45, 7) is 3.11. The second-order valence-corrected chi connectivity index (χ2v) is 7.85. The van der Waals surface area contributed by atoms with E-state index in [1.54, 1.807) is 19.0 Å². The van der Waals surface area contributed by atoms with Crippen molar-refractivity contribution in [1.29, 1.82) is 0 Å². The number of carbonyl (C=O) groups is 1. The van der Waals surface area contributed by atoms with Crippen LogP contribution in [-0.4, -0.2) is 48.9 Å². The SMILES string of the molecule is CN(C)C(=O)c1sc(NC2CCCN(Cc3ccccc3)C2)cc1N. The first kappa shape index (κ1) is 17.8. The summed E-state index contributed by atoms with van der Waals surface area (Å²) in [6.07, 6.45) is 2.31. The summed E-state index contributed by atoms with van der Waals surface area (Å²) in [5.74, 6) is -0.0371. The number of benzene rings is 1. The number of carbonyl (C=O) groups excluding carboxylic acids is 1. The first-order chi connectivity index (χ1) is 12.0. The lowest BCUT2D eigenvalue weighted by molar-refractivity contribution is 0.0833. The van der Waals surface area contributed by atoms with Gasteiger partial charge in [-0.25, -0.2) is 0 Å². The zero-order chi connectivity index (χ0) is 17.8. The van der Waals surface area contributed by atoms with E-state index in [-0.39, 0.29) is 5.91 Å². The maximum absolute atomic E-state index is 12.1. The van der Waals surface area contributed by atoms with E-state index in [2.05, 4.69) is 40.5 Å². The fraction of sp³-hybridized carbons (Fsp3) is 0.421. The first-order valence-electron chi connectivity index (χ1n) is 8.66. The fourth-order valence-corrected chi connectivity index (χ4v) is 4.28. The smallest absolute Gasteiger partial charge is 0.265 e. The van der Waals surface area contributed by atoms with Crippen molar-refractivity contribution >= 4 is 27.9 Å². The minimum atomic E-state index is -0.0371. The molecule has 1 unspecified atom stereocenters. The maximum Gasteiger partial charge on any atom is 0.265 e. The molecule has 0 saturated carbocycles. The molecule has 0 bridgehead atoms. The van der Waals surface area contributed by atoms with E-state index >= 15 is 0 Å². The van der Waals surface area contributed by atoms with Gasteiger partial charge in [-0.2, -0.15) is 0 Å². The summed E-state index contributed by atoms with van der Waals surface area (Å²) in [5.41, 5.74) is 7.94. The molecular formula is C19H26N4OS. The standard InChI is InChI=1S/C19H26N4OS/c1-22(2)19(24)18-16(20)11-17(25-18)21-15-9-6-10-23(13-15)12-14-7-4-3-5-8-14/h3-5,7-8,11,15,21H,6,9-10,12-13,20H2,1-2H3. The Morgan fingerprint density at radius 3 is 2.84 bits per heavy atom. The molecule has 1 aliphatic rings. The van der Waals surface area contributed by atoms with Gasteiger partial charge in [-0.15, -0.1) is 11.3 Å². The van der Waals surface area contributed by atoms with E-state index in [0.29, 0.717) is 16.6 Å². The predicted molar refractivity (Wildman–Crippen MR) is 105 cm³/mol. The third-order valence-corrected chi connectivity index (χ3v) is 5.53. The zero-order valence-corrected chi connectivity index (χ0v) is 15.7.